The summed E-state index contributed by atoms with van der Waals surface area (Å²) in [4.78, 5) is 2.31. The Morgan fingerprint density at radius 1 is 1.45 bits per heavy atom. The van der Waals surface area contributed by atoms with Gasteiger partial charge in [-0.3, -0.25) is 0 Å². The van der Waals surface area contributed by atoms with Crippen LogP contribution in [-0.4, -0.2) is 34.6 Å². The van der Waals surface area contributed by atoms with Crippen LogP contribution in [0.3, 0.4) is 0 Å². The van der Waals surface area contributed by atoms with Gasteiger partial charge in [-0.2, -0.15) is 11.8 Å². The smallest absolute Gasteiger partial charge is 0.170 e. The van der Waals surface area contributed by atoms with E-state index in [4.69, 9.17) is 22.5 Å². The summed E-state index contributed by atoms with van der Waals surface area (Å²) in [5.74, 6) is 1.16. The fourth-order valence-electron chi connectivity index (χ4n) is 2.24. The predicted molar refractivity (Wildman–Crippen MR) is 87.3 cm³/mol. The second-order valence-electron chi connectivity index (χ2n) is 5.50. The lowest BCUT2D eigenvalue weighted by Gasteiger charge is -2.25. The maximum Gasteiger partial charge on any atom is 0.170 e. The molecule has 1 fully saturated rings. The summed E-state index contributed by atoms with van der Waals surface area (Å²) in [6.07, 6.45) is 1.12. The minimum atomic E-state index is 0.0750. The average Bonchev–Trinajstić information content (AvgIpc) is 2.59. The molecule has 20 heavy (non-hydrogen) atoms. The fourth-order valence-corrected chi connectivity index (χ4v) is 3.64. The number of rotatable bonds is 2. The van der Waals surface area contributed by atoms with Crippen molar-refractivity contribution >= 4 is 34.9 Å². The summed E-state index contributed by atoms with van der Waals surface area (Å²) in [7, 11) is 0. The standard InChI is InChI=1S/C14H20ClN3OS/c1-14(2)5-6-18(7-8-20-14)12-4-3-10(9-11(12)15)13(16)17-19/h3-4,9,19H,5-8H2,1-2H3,(H2,16,17). The molecule has 0 saturated carbocycles. The van der Waals surface area contributed by atoms with E-state index >= 15 is 0 Å². The van der Waals surface area contributed by atoms with Gasteiger partial charge in [0.2, 0.25) is 0 Å². The van der Waals surface area contributed by atoms with Crippen molar-refractivity contribution in [3.63, 3.8) is 0 Å². The van der Waals surface area contributed by atoms with Crippen LogP contribution in [0.15, 0.2) is 23.4 Å². The highest BCUT2D eigenvalue weighted by Gasteiger charge is 2.24. The van der Waals surface area contributed by atoms with Crippen molar-refractivity contribution in [2.45, 2.75) is 25.0 Å². The molecule has 1 heterocycles. The van der Waals surface area contributed by atoms with Gasteiger partial charge in [-0.15, -0.1) is 0 Å². The Morgan fingerprint density at radius 3 is 2.85 bits per heavy atom. The van der Waals surface area contributed by atoms with Crippen LogP contribution in [0.1, 0.15) is 25.8 Å². The Hall–Kier alpha value is -1.07. The van der Waals surface area contributed by atoms with Crippen LogP contribution >= 0.6 is 23.4 Å². The lowest BCUT2D eigenvalue weighted by molar-refractivity contribution is 0.318. The third kappa shape index (κ3) is 3.52. The minimum Gasteiger partial charge on any atom is -0.409 e. The van der Waals surface area contributed by atoms with Gasteiger partial charge in [-0.25, -0.2) is 0 Å². The summed E-state index contributed by atoms with van der Waals surface area (Å²) in [6, 6.07) is 5.52. The third-order valence-electron chi connectivity index (χ3n) is 3.53. The van der Waals surface area contributed by atoms with Crippen molar-refractivity contribution < 1.29 is 5.21 Å². The molecule has 0 aromatic heterocycles. The van der Waals surface area contributed by atoms with Gasteiger partial charge in [0, 0.05) is 29.2 Å². The maximum atomic E-state index is 8.70. The summed E-state index contributed by atoms with van der Waals surface area (Å²) < 4.78 is 0.315. The SMILES string of the molecule is CC1(C)CCN(c2ccc(/C(N)=N/O)cc2Cl)CCS1. The van der Waals surface area contributed by atoms with Crippen LogP contribution in [0.4, 0.5) is 5.69 Å². The van der Waals surface area contributed by atoms with E-state index in [0.717, 1.165) is 31.0 Å². The molecule has 2 rings (SSSR count). The van der Waals surface area contributed by atoms with E-state index in [0.29, 0.717) is 15.3 Å². The molecule has 1 aliphatic rings. The average molecular weight is 314 g/mol. The molecule has 3 N–H and O–H groups in total. The van der Waals surface area contributed by atoms with Crippen LogP contribution in [0.2, 0.25) is 5.02 Å². The topological polar surface area (TPSA) is 61.8 Å². The van der Waals surface area contributed by atoms with Crippen molar-refractivity contribution in [2.24, 2.45) is 10.9 Å². The Labute approximate surface area is 129 Å². The monoisotopic (exact) mass is 313 g/mol. The largest absolute Gasteiger partial charge is 0.409 e. The first-order valence-electron chi connectivity index (χ1n) is 6.59. The zero-order chi connectivity index (χ0) is 14.8. The molecule has 0 spiro atoms. The van der Waals surface area contributed by atoms with Crippen molar-refractivity contribution in [2.75, 3.05) is 23.7 Å². The van der Waals surface area contributed by atoms with Crippen LogP contribution < -0.4 is 10.6 Å². The Balaban J connectivity index is 2.21. The fraction of sp³-hybridized carbons (Fsp3) is 0.500. The molecule has 6 heteroatoms. The lowest BCUT2D eigenvalue weighted by Crippen LogP contribution is -2.27. The Morgan fingerprint density at radius 2 is 2.20 bits per heavy atom. The van der Waals surface area contributed by atoms with Gasteiger partial charge in [0.25, 0.3) is 0 Å². The number of halogens is 1. The lowest BCUT2D eigenvalue weighted by atomic mass is 10.1. The first kappa shape index (κ1) is 15.3. The first-order valence-corrected chi connectivity index (χ1v) is 7.96. The molecular weight excluding hydrogens is 294 g/mol. The van der Waals surface area contributed by atoms with Crippen molar-refractivity contribution in [3.8, 4) is 0 Å². The number of hydrogen-bond donors (Lipinski definition) is 2. The number of hydrogen-bond acceptors (Lipinski definition) is 4. The van der Waals surface area contributed by atoms with Crippen molar-refractivity contribution in [3.05, 3.63) is 28.8 Å². The second-order valence-corrected chi connectivity index (χ2v) is 7.71. The molecule has 1 saturated heterocycles. The molecule has 1 aliphatic heterocycles. The maximum absolute atomic E-state index is 8.70. The minimum absolute atomic E-state index is 0.0750. The second kappa shape index (κ2) is 6.14. The molecule has 4 nitrogen and oxygen atoms in total. The molecule has 0 atom stereocenters. The number of amidine groups is 1. The van der Waals surface area contributed by atoms with Gasteiger partial charge >= 0.3 is 0 Å². The van der Waals surface area contributed by atoms with Crippen LogP contribution in [0.25, 0.3) is 0 Å². The third-order valence-corrected chi connectivity index (χ3v) is 5.20. The Kier molecular flexibility index (Phi) is 4.70. The van der Waals surface area contributed by atoms with E-state index in [1.165, 1.54) is 0 Å². The Bertz CT molecular complexity index is 519. The zero-order valence-electron chi connectivity index (χ0n) is 11.8. The van der Waals surface area contributed by atoms with Gasteiger partial charge < -0.3 is 15.8 Å². The van der Waals surface area contributed by atoms with Gasteiger partial charge in [-0.1, -0.05) is 30.6 Å². The van der Waals surface area contributed by atoms with Gasteiger partial charge in [0.1, 0.15) is 0 Å². The molecule has 0 aliphatic carbocycles. The predicted octanol–water partition coefficient (Wildman–Crippen LogP) is 3.16. The van der Waals surface area contributed by atoms with Crippen molar-refractivity contribution in [1.29, 1.82) is 0 Å². The highest BCUT2D eigenvalue weighted by molar-refractivity contribution is 8.00. The zero-order valence-corrected chi connectivity index (χ0v) is 13.3. The van der Waals surface area contributed by atoms with Crippen molar-refractivity contribution in [1.82, 2.24) is 0 Å². The number of anilines is 1. The van der Waals surface area contributed by atoms with Crippen LogP contribution in [0.5, 0.6) is 0 Å². The normalized spacial score (nSPS) is 19.8. The van der Waals surface area contributed by atoms with E-state index in [-0.39, 0.29) is 5.84 Å². The quantitative estimate of drug-likeness (QED) is 0.381. The summed E-state index contributed by atoms with van der Waals surface area (Å²) in [5, 5.41) is 12.3. The van der Waals surface area contributed by atoms with E-state index in [1.807, 2.05) is 23.9 Å². The first-order chi connectivity index (χ1) is 9.43. The molecule has 1 aromatic rings. The van der Waals surface area contributed by atoms with Crippen LogP contribution in [-0.2, 0) is 0 Å². The molecule has 0 radical (unpaired) electrons. The number of benzene rings is 1. The molecular formula is C14H20ClN3OS. The van der Waals surface area contributed by atoms with E-state index in [1.54, 1.807) is 6.07 Å². The molecule has 0 unspecified atom stereocenters. The number of nitrogens with two attached hydrogens (primary N) is 1. The highest BCUT2D eigenvalue weighted by Crippen LogP contribution is 2.34. The molecule has 0 bridgehead atoms. The van der Waals surface area contributed by atoms with E-state index in [9.17, 15) is 0 Å². The van der Waals surface area contributed by atoms with Crippen LogP contribution in [0, 0.1) is 0 Å². The highest BCUT2D eigenvalue weighted by atomic mass is 35.5. The summed E-state index contributed by atoms with van der Waals surface area (Å²) in [5.41, 5.74) is 7.22. The molecule has 1 aromatic carbocycles. The number of nitrogens with zero attached hydrogens (tertiary/aromatic N) is 2. The molecule has 110 valence electrons. The number of oxime groups is 1. The van der Waals surface area contributed by atoms with E-state index in [2.05, 4.69) is 23.9 Å². The van der Waals surface area contributed by atoms with Gasteiger partial charge in [0.05, 0.1) is 10.7 Å². The van der Waals surface area contributed by atoms with Gasteiger partial charge in [0.15, 0.2) is 5.84 Å². The van der Waals surface area contributed by atoms with Gasteiger partial charge in [-0.05, 0) is 24.6 Å². The number of thioether (sulfide) groups is 1. The molecule has 0 amide bonds. The summed E-state index contributed by atoms with van der Waals surface area (Å²) in [6.45, 7) is 6.54. The van der Waals surface area contributed by atoms with E-state index < -0.39 is 0 Å². The summed E-state index contributed by atoms with van der Waals surface area (Å²) >= 11 is 8.35.